The van der Waals surface area contributed by atoms with Gasteiger partial charge >= 0.3 is 15.6 Å². The summed E-state index contributed by atoms with van der Waals surface area (Å²) in [5.41, 5.74) is -4.80. The highest BCUT2D eigenvalue weighted by atomic mass is 127. The first-order valence-corrected chi connectivity index (χ1v) is 10.2. The molecule has 0 saturated carbocycles. The lowest BCUT2D eigenvalue weighted by Crippen LogP contribution is -2.32. The molecular weight excluding hydrogens is 484 g/mol. The highest BCUT2D eigenvalue weighted by molar-refractivity contribution is 14.1. The molecule has 1 atom stereocenters. The van der Waals surface area contributed by atoms with Crippen LogP contribution in [0, 0.1) is 3.57 Å². The molecule has 0 aromatic heterocycles. The van der Waals surface area contributed by atoms with Crippen LogP contribution in [0.3, 0.4) is 0 Å². The average molecular weight is 502 g/mol. The molecule has 0 saturated heterocycles. The van der Waals surface area contributed by atoms with Crippen LogP contribution < -0.4 is 8.92 Å². The third kappa shape index (κ3) is 4.73. The summed E-state index contributed by atoms with van der Waals surface area (Å²) in [5, 5.41) is 0. The van der Waals surface area contributed by atoms with Crippen molar-refractivity contribution in [3.63, 3.8) is 0 Å². The number of hydrogen-bond donors (Lipinski definition) is 0. The smallest absolute Gasteiger partial charge is 0.483 e. The number of alkyl halides is 3. The minimum absolute atomic E-state index is 0.171. The van der Waals surface area contributed by atoms with E-state index in [-0.39, 0.29) is 20.6 Å². The van der Waals surface area contributed by atoms with Crippen LogP contribution in [0.25, 0.3) is 6.08 Å². The lowest BCUT2D eigenvalue weighted by atomic mass is 9.94. The van der Waals surface area contributed by atoms with Crippen LogP contribution in [-0.4, -0.2) is 19.5 Å². The van der Waals surface area contributed by atoms with E-state index in [0.717, 1.165) is 6.42 Å². The normalized spacial score (nSPS) is 19.5. The Morgan fingerprint density at radius 3 is 2.58 bits per heavy atom. The fraction of sp³-hybridized carbons (Fsp3) is 0.412. The maximum Gasteiger partial charge on any atom is 0.534 e. The van der Waals surface area contributed by atoms with E-state index in [9.17, 15) is 21.6 Å². The molecule has 144 valence electrons. The zero-order valence-corrected chi connectivity index (χ0v) is 17.3. The van der Waals surface area contributed by atoms with Gasteiger partial charge in [-0.25, -0.2) is 0 Å². The molecule has 4 nitrogen and oxygen atoms in total. The van der Waals surface area contributed by atoms with Crippen molar-refractivity contribution in [1.82, 2.24) is 0 Å². The number of rotatable bonds is 5. The molecule has 0 spiro atoms. The second kappa shape index (κ2) is 7.41. The highest BCUT2D eigenvalue weighted by Crippen LogP contribution is 2.42. The minimum atomic E-state index is -5.76. The SMILES string of the molecule is CC(C)=CCCC1(C)C=Cc2c(ccc(I)c2OS(=O)(=O)C(F)(F)F)O1. The van der Waals surface area contributed by atoms with Crippen molar-refractivity contribution >= 4 is 38.8 Å². The Labute approximate surface area is 164 Å². The second-order valence-electron chi connectivity index (χ2n) is 6.34. The first kappa shape index (κ1) is 21.1. The Morgan fingerprint density at radius 2 is 2.00 bits per heavy atom. The van der Waals surface area contributed by atoms with Gasteiger partial charge in [0.05, 0.1) is 9.13 Å². The van der Waals surface area contributed by atoms with E-state index in [0.29, 0.717) is 6.42 Å². The Balaban J connectivity index is 2.35. The Kier molecular flexibility index (Phi) is 6.01. The lowest BCUT2D eigenvalue weighted by molar-refractivity contribution is -0.0500. The highest BCUT2D eigenvalue weighted by Gasteiger charge is 2.49. The van der Waals surface area contributed by atoms with Gasteiger partial charge in [-0.15, -0.1) is 0 Å². The summed E-state index contributed by atoms with van der Waals surface area (Å²) in [7, 11) is -5.76. The molecule has 1 heterocycles. The third-order valence-electron chi connectivity index (χ3n) is 3.72. The van der Waals surface area contributed by atoms with E-state index >= 15 is 0 Å². The molecule has 1 aliphatic rings. The van der Waals surface area contributed by atoms with Crippen LogP contribution in [0.15, 0.2) is 29.9 Å². The van der Waals surface area contributed by atoms with Crippen molar-refractivity contribution in [3.8, 4) is 11.5 Å². The van der Waals surface area contributed by atoms with Gasteiger partial charge in [-0.05, 0) is 80.5 Å². The fourth-order valence-corrected chi connectivity index (χ4v) is 3.59. The molecule has 26 heavy (non-hydrogen) atoms. The van der Waals surface area contributed by atoms with E-state index < -0.39 is 21.2 Å². The summed E-state index contributed by atoms with van der Waals surface area (Å²) in [6, 6.07) is 3.04. The standard InChI is InChI=1S/C17H18F3IO4S/c1-11(2)5-4-9-16(3)10-8-12-14(24-16)7-6-13(21)15(12)25-26(22,23)17(18,19)20/h5-8,10H,4,9H2,1-3H3. The predicted molar refractivity (Wildman–Crippen MR) is 101 cm³/mol. The van der Waals surface area contributed by atoms with Gasteiger partial charge in [0, 0.05) is 0 Å². The molecule has 1 aliphatic heterocycles. The van der Waals surface area contributed by atoms with Gasteiger partial charge in [0.15, 0.2) is 5.75 Å². The summed E-state index contributed by atoms with van der Waals surface area (Å²) in [5.74, 6) is -0.108. The quantitative estimate of drug-likeness (QED) is 0.233. The average Bonchev–Trinajstić information content (AvgIpc) is 2.48. The number of hydrogen-bond acceptors (Lipinski definition) is 4. The fourth-order valence-electron chi connectivity index (χ4n) is 2.37. The Morgan fingerprint density at radius 1 is 1.35 bits per heavy atom. The van der Waals surface area contributed by atoms with Gasteiger partial charge < -0.3 is 8.92 Å². The van der Waals surface area contributed by atoms with Crippen molar-refractivity contribution in [2.45, 2.75) is 44.7 Å². The van der Waals surface area contributed by atoms with Crippen LogP contribution in [0.4, 0.5) is 13.2 Å². The van der Waals surface area contributed by atoms with Gasteiger partial charge in [-0.1, -0.05) is 11.6 Å². The molecule has 0 aliphatic carbocycles. The summed E-state index contributed by atoms with van der Waals surface area (Å²) in [4.78, 5) is 0. The molecule has 0 radical (unpaired) electrons. The van der Waals surface area contributed by atoms with Crippen LogP contribution in [0.1, 0.15) is 39.2 Å². The largest absolute Gasteiger partial charge is 0.534 e. The molecule has 1 unspecified atom stereocenters. The van der Waals surface area contributed by atoms with E-state index in [4.69, 9.17) is 4.74 Å². The van der Waals surface area contributed by atoms with Crippen LogP contribution in [0.2, 0.25) is 0 Å². The number of halogens is 4. The van der Waals surface area contributed by atoms with E-state index in [1.807, 2.05) is 20.8 Å². The van der Waals surface area contributed by atoms with Crippen molar-refractivity contribution in [2.24, 2.45) is 0 Å². The number of allylic oxidation sites excluding steroid dienone is 2. The van der Waals surface area contributed by atoms with Crippen LogP contribution >= 0.6 is 22.6 Å². The molecular formula is C17H18F3IO4S. The molecule has 9 heteroatoms. The van der Waals surface area contributed by atoms with Crippen LogP contribution in [-0.2, 0) is 10.1 Å². The molecule has 1 aromatic rings. The Bertz CT molecular complexity index is 855. The number of ether oxygens (including phenoxy) is 1. The molecule has 0 fully saturated rings. The van der Waals surface area contributed by atoms with Crippen molar-refractivity contribution in [3.05, 3.63) is 39.0 Å². The third-order valence-corrected chi connectivity index (χ3v) is 5.53. The maximum atomic E-state index is 12.6. The summed E-state index contributed by atoms with van der Waals surface area (Å²) in [6.07, 6.45) is 6.75. The molecule has 0 bridgehead atoms. The molecule has 0 N–H and O–H groups in total. The first-order chi connectivity index (χ1) is 11.8. The van der Waals surface area contributed by atoms with Crippen molar-refractivity contribution in [1.29, 1.82) is 0 Å². The molecule has 2 rings (SSSR count). The lowest BCUT2D eigenvalue weighted by Gasteiger charge is -2.32. The van der Waals surface area contributed by atoms with Gasteiger partial charge in [0.25, 0.3) is 0 Å². The number of fused-ring (bicyclic) bond motifs is 1. The second-order valence-corrected chi connectivity index (χ2v) is 9.04. The van der Waals surface area contributed by atoms with Crippen LogP contribution in [0.5, 0.6) is 11.5 Å². The zero-order valence-electron chi connectivity index (χ0n) is 14.4. The van der Waals surface area contributed by atoms with Gasteiger partial charge in [-0.2, -0.15) is 21.6 Å². The topological polar surface area (TPSA) is 52.6 Å². The van der Waals surface area contributed by atoms with E-state index in [2.05, 4.69) is 10.3 Å². The van der Waals surface area contributed by atoms with E-state index in [1.54, 1.807) is 40.8 Å². The van der Waals surface area contributed by atoms with Gasteiger partial charge in [0.1, 0.15) is 11.4 Å². The van der Waals surface area contributed by atoms with Gasteiger partial charge in [-0.3, -0.25) is 0 Å². The minimum Gasteiger partial charge on any atom is -0.483 e. The van der Waals surface area contributed by atoms with E-state index in [1.165, 1.54) is 11.6 Å². The summed E-state index contributed by atoms with van der Waals surface area (Å²) < 4.78 is 71.2. The zero-order chi connectivity index (χ0) is 19.8. The predicted octanol–water partition coefficient (Wildman–Crippen LogP) is 5.43. The maximum absolute atomic E-state index is 12.6. The first-order valence-electron chi connectivity index (χ1n) is 7.69. The van der Waals surface area contributed by atoms with Crippen molar-refractivity contribution in [2.75, 3.05) is 0 Å². The Hall–Kier alpha value is -1.23. The van der Waals surface area contributed by atoms with Crippen molar-refractivity contribution < 1.29 is 30.5 Å². The summed E-state index contributed by atoms with van der Waals surface area (Å²) in [6.45, 7) is 5.83. The molecule has 0 amide bonds. The summed E-state index contributed by atoms with van der Waals surface area (Å²) >= 11 is 1.72. The van der Waals surface area contributed by atoms with Gasteiger partial charge in [0.2, 0.25) is 0 Å². The monoisotopic (exact) mass is 502 g/mol. The number of benzene rings is 1. The molecule has 1 aromatic carbocycles.